The second-order valence-corrected chi connectivity index (χ2v) is 5.03. The van der Waals surface area contributed by atoms with Gasteiger partial charge in [-0.25, -0.2) is 4.79 Å². The average Bonchev–Trinajstić information content (AvgIpc) is 2.88. The number of unbranched alkanes of at least 4 members (excludes halogenated alkanes) is 1. The Bertz CT molecular complexity index is 289. The van der Waals surface area contributed by atoms with Crippen LogP contribution in [0.15, 0.2) is 0 Å². The molecule has 1 atom stereocenters. The van der Waals surface area contributed by atoms with Gasteiger partial charge in [-0.2, -0.15) is 0 Å². The Morgan fingerprint density at radius 2 is 2.05 bits per heavy atom. The lowest BCUT2D eigenvalue weighted by atomic mass is 10.1. The number of carbonyl (C=O) groups excluding carboxylic acids is 2. The van der Waals surface area contributed by atoms with Gasteiger partial charge in [0.05, 0.1) is 12.6 Å². The molecular formula is C13H25N3O3. The maximum Gasteiger partial charge on any atom is 0.317 e. The molecule has 6 heteroatoms. The smallest absolute Gasteiger partial charge is 0.317 e. The summed E-state index contributed by atoms with van der Waals surface area (Å²) >= 11 is 0. The molecule has 1 fully saturated rings. The van der Waals surface area contributed by atoms with Gasteiger partial charge >= 0.3 is 6.03 Å². The molecule has 0 aliphatic carbocycles. The number of rotatable bonds is 7. The van der Waals surface area contributed by atoms with Crippen LogP contribution in [0.2, 0.25) is 0 Å². The summed E-state index contributed by atoms with van der Waals surface area (Å²) in [6.07, 6.45) is 5.86. The minimum atomic E-state index is -0.256. The van der Waals surface area contributed by atoms with Crippen molar-refractivity contribution in [2.75, 3.05) is 33.8 Å². The van der Waals surface area contributed by atoms with Crippen molar-refractivity contribution in [1.29, 1.82) is 0 Å². The number of carbonyl (C=O) groups is 2. The molecule has 0 aromatic rings. The first-order valence-electron chi connectivity index (χ1n) is 6.93. The predicted molar refractivity (Wildman–Crippen MR) is 72.9 cm³/mol. The van der Waals surface area contributed by atoms with Crippen LogP contribution in [0.5, 0.6) is 0 Å². The molecule has 0 saturated carbocycles. The predicted octanol–water partition coefficient (Wildman–Crippen LogP) is 0.723. The maximum absolute atomic E-state index is 11.4. The highest BCUT2D eigenvalue weighted by molar-refractivity contribution is 5.83. The maximum atomic E-state index is 11.4. The summed E-state index contributed by atoms with van der Waals surface area (Å²) in [5.74, 6) is -0.146. The van der Waals surface area contributed by atoms with E-state index in [-0.39, 0.29) is 18.5 Å². The van der Waals surface area contributed by atoms with Crippen molar-refractivity contribution in [2.45, 2.75) is 38.2 Å². The second kappa shape index (κ2) is 8.74. The van der Waals surface area contributed by atoms with Crippen molar-refractivity contribution in [3.63, 3.8) is 0 Å². The first-order chi connectivity index (χ1) is 9.09. The largest absolute Gasteiger partial charge is 0.378 e. The molecule has 0 aromatic heterocycles. The van der Waals surface area contributed by atoms with Crippen LogP contribution in [0.3, 0.4) is 0 Å². The van der Waals surface area contributed by atoms with E-state index in [1.54, 1.807) is 14.1 Å². The SMILES string of the molecule is CN(C)C(=O)NCC(=O)NCCCC[C@H]1CCCO1. The molecule has 110 valence electrons. The van der Waals surface area contributed by atoms with E-state index in [1.807, 2.05) is 0 Å². The summed E-state index contributed by atoms with van der Waals surface area (Å²) in [4.78, 5) is 24.0. The van der Waals surface area contributed by atoms with Crippen molar-refractivity contribution in [1.82, 2.24) is 15.5 Å². The number of urea groups is 1. The van der Waals surface area contributed by atoms with Crippen molar-refractivity contribution in [3.8, 4) is 0 Å². The van der Waals surface area contributed by atoms with Gasteiger partial charge in [-0.1, -0.05) is 0 Å². The number of amides is 3. The van der Waals surface area contributed by atoms with Crippen LogP contribution in [-0.4, -0.2) is 56.7 Å². The molecule has 0 unspecified atom stereocenters. The van der Waals surface area contributed by atoms with Gasteiger partial charge in [0, 0.05) is 27.2 Å². The highest BCUT2D eigenvalue weighted by atomic mass is 16.5. The second-order valence-electron chi connectivity index (χ2n) is 5.03. The molecule has 1 rings (SSSR count). The van der Waals surface area contributed by atoms with Crippen LogP contribution in [0.4, 0.5) is 4.79 Å². The molecule has 0 bridgehead atoms. The Morgan fingerprint density at radius 3 is 2.68 bits per heavy atom. The monoisotopic (exact) mass is 271 g/mol. The van der Waals surface area contributed by atoms with Gasteiger partial charge in [0.15, 0.2) is 0 Å². The van der Waals surface area contributed by atoms with Crippen LogP contribution >= 0.6 is 0 Å². The van der Waals surface area contributed by atoms with E-state index in [0.29, 0.717) is 12.6 Å². The minimum Gasteiger partial charge on any atom is -0.378 e. The molecular weight excluding hydrogens is 246 g/mol. The first-order valence-corrected chi connectivity index (χ1v) is 6.93. The van der Waals surface area contributed by atoms with Gasteiger partial charge in [0.25, 0.3) is 0 Å². The lowest BCUT2D eigenvalue weighted by molar-refractivity contribution is -0.120. The fourth-order valence-electron chi connectivity index (χ4n) is 1.97. The lowest BCUT2D eigenvalue weighted by Crippen LogP contribution is -2.41. The van der Waals surface area contributed by atoms with E-state index in [4.69, 9.17) is 4.74 Å². The van der Waals surface area contributed by atoms with E-state index < -0.39 is 0 Å². The van der Waals surface area contributed by atoms with E-state index in [1.165, 1.54) is 17.7 Å². The summed E-state index contributed by atoms with van der Waals surface area (Å²) in [5, 5.41) is 5.31. The molecule has 3 amide bonds. The van der Waals surface area contributed by atoms with Crippen LogP contribution in [0.25, 0.3) is 0 Å². The van der Waals surface area contributed by atoms with Gasteiger partial charge in [0.1, 0.15) is 0 Å². The molecule has 6 nitrogen and oxygen atoms in total. The van der Waals surface area contributed by atoms with E-state index >= 15 is 0 Å². The summed E-state index contributed by atoms with van der Waals surface area (Å²) in [6.45, 7) is 1.58. The Morgan fingerprint density at radius 1 is 1.26 bits per heavy atom. The Hall–Kier alpha value is -1.30. The number of nitrogens with one attached hydrogen (secondary N) is 2. The third kappa shape index (κ3) is 7.00. The lowest BCUT2D eigenvalue weighted by Gasteiger charge is -2.12. The van der Waals surface area contributed by atoms with Crippen molar-refractivity contribution < 1.29 is 14.3 Å². The first kappa shape index (κ1) is 15.8. The zero-order valence-electron chi connectivity index (χ0n) is 11.9. The fraction of sp³-hybridized carbons (Fsp3) is 0.846. The number of hydrogen-bond acceptors (Lipinski definition) is 3. The normalized spacial score (nSPS) is 18.1. The number of nitrogens with zero attached hydrogens (tertiary/aromatic N) is 1. The van der Waals surface area contributed by atoms with Gasteiger partial charge < -0.3 is 20.3 Å². The van der Waals surface area contributed by atoms with Crippen molar-refractivity contribution in [2.24, 2.45) is 0 Å². The molecule has 0 aromatic carbocycles. The summed E-state index contributed by atoms with van der Waals surface area (Å²) in [7, 11) is 3.27. The topological polar surface area (TPSA) is 70.7 Å². The van der Waals surface area contributed by atoms with Crippen molar-refractivity contribution >= 4 is 11.9 Å². The molecule has 0 spiro atoms. The fourth-order valence-corrected chi connectivity index (χ4v) is 1.97. The quantitative estimate of drug-likeness (QED) is 0.670. The molecule has 2 N–H and O–H groups in total. The Labute approximate surface area is 114 Å². The number of ether oxygens (including phenoxy) is 1. The average molecular weight is 271 g/mol. The summed E-state index contributed by atoms with van der Waals surface area (Å²) < 4.78 is 5.53. The zero-order valence-corrected chi connectivity index (χ0v) is 11.9. The van der Waals surface area contributed by atoms with E-state index in [2.05, 4.69) is 10.6 Å². The van der Waals surface area contributed by atoms with Crippen LogP contribution < -0.4 is 10.6 Å². The zero-order chi connectivity index (χ0) is 14.1. The molecule has 1 aliphatic heterocycles. The third-order valence-corrected chi connectivity index (χ3v) is 3.11. The van der Waals surface area contributed by atoms with Crippen LogP contribution in [0, 0.1) is 0 Å². The highest BCUT2D eigenvalue weighted by Gasteiger charge is 2.14. The molecule has 1 saturated heterocycles. The minimum absolute atomic E-state index is 0.0305. The van der Waals surface area contributed by atoms with Crippen LogP contribution in [0.1, 0.15) is 32.1 Å². The third-order valence-electron chi connectivity index (χ3n) is 3.11. The summed E-state index contributed by atoms with van der Waals surface area (Å²) in [5.41, 5.74) is 0. The van der Waals surface area contributed by atoms with Gasteiger partial charge in [-0.3, -0.25) is 4.79 Å². The number of hydrogen-bond donors (Lipinski definition) is 2. The van der Waals surface area contributed by atoms with E-state index in [9.17, 15) is 9.59 Å². The van der Waals surface area contributed by atoms with Gasteiger partial charge in [-0.15, -0.1) is 0 Å². The summed E-state index contributed by atoms with van der Waals surface area (Å²) in [6, 6.07) is -0.256. The van der Waals surface area contributed by atoms with Gasteiger partial charge in [-0.05, 0) is 32.1 Å². The molecule has 1 heterocycles. The highest BCUT2D eigenvalue weighted by Crippen LogP contribution is 2.17. The molecule has 1 aliphatic rings. The van der Waals surface area contributed by atoms with Crippen molar-refractivity contribution in [3.05, 3.63) is 0 Å². The van der Waals surface area contributed by atoms with Crippen LogP contribution in [-0.2, 0) is 9.53 Å². The molecule has 19 heavy (non-hydrogen) atoms. The van der Waals surface area contributed by atoms with Gasteiger partial charge in [0.2, 0.25) is 5.91 Å². The van der Waals surface area contributed by atoms with E-state index in [0.717, 1.165) is 25.9 Å². The Kier molecular flexibility index (Phi) is 7.25. The standard InChI is InChI=1S/C13H25N3O3/c1-16(2)13(18)15-10-12(17)14-8-4-3-6-11-7-5-9-19-11/h11H,3-10H2,1-2H3,(H,14,17)(H,15,18)/t11-/m0/s1. The Balaban J connectivity index is 1.93. The molecule has 0 radical (unpaired) electrons.